The van der Waals surface area contributed by atoms with Gasteiger partial charge in [-0.3, -0.25) is 0 Å². The molecule has 66 valence electrons. The highest BCUT2D eigenvalue weighted by molar-refractivity contribution is 7.71. The average Bonchev–Trinajstić information content (AvgIpc) is 2.08. The van der Waals surface area contributed by atoms with Crippen molar-refractivity contribution in [1.82, 2.24) is 9.97 Å². The molecule has 0 aromatic carbocycles. The number of H-pyrrole nitrogens is 1. The van der Waals surface area contributed by atoms with Gasteiger partial charge in [0.1, 0.15) is 0 Å². The number of rotatable bonds is 3. The molecule has 0 aliphatic rings. The normalized spacial score (nSPS) is 10.2. The molecule has 0 bridgehead atoms. The van der Waals surface area contributed by atoms with Gasteiger partial charge in [-0.1, -0.05) is 12.2 Å². The van der Waals surface area contributed by atoms with E-state index in [0.29, 0.717) is 12.3 Å². The molecule has 1 rings (SSSR count). The lowest BCUT2D eigenvalue weighted by atomic mass is 10.4. The third kappa shape index (κ3) is 2.09. The molecular formula is C7H9FN2OS. The lowest BCUT2D eigenvalue weighted by Gasteiger charge is -2.01. The number of nitrogens with zero attached hydrogens (tertiary/aromatic N) is 1. The monoisotopic (exact) mass is 188 g/mol. The summed E-state index contributed by atoms with van der Waals surface area (Å²) in [5.41, 5.74) is 0.344. The molecule has 0 aliphatic carbocycles. The molecular weight excluding hydrogens is 179 g/mol. The predicted molar refractivity (Wildman–Crippen MR) is 44.7 cm³/mol. The Balaban J connectivity index is 2.85. The maximum atomic E-state index is 13.0. The number of hydrogen-bond acceptors (Lipinski definition) is 3. The van der Waals surface area contributed by atoms with Gasteiger partial charge in [0.15, 0.2) is 10.5 Å². The summed E-state index contributed by atoms with van der Waals surface area (Å²) in [6, 6.07) is 0. The molecule has 0 aliphatic heterocycles. The van der Waals surface area contributed by atoms with Crippen molar-refractivity contribution in [2.45, 2.75) is 13.5 Å². The summed E-state index contributed by atoms with van der Waals surface area (Å²) in [6.45, 7) is 2.59. The molecule has 0 amide bonds. The Labute approximate surface area is 74.6 Å². The number of hydrogen-bond donors (Lipinski definition) is 1. The van der Waals surface area contributed by atoms with Crippen LogP contribution >= 0.6 is 12.2 Å². The van der Waals surface area contributed by atoms with E-state index in [2.05, 4.69) is 22.2 Å². The van der Waals surface area contributed by atoms with Crippen molar-refractivity contribution in [3.8, 4) is 0 Å². The fourth-order valence-electron chi connectivity index (χ4n) is 0.727. The summed E-state index contributed by atoms with van der Waals surface area (Å²) in [4.78, 5) is 6.21. The summed E-state index contributed by atoms with van der Waals surface area (Å²) in [5, 5.41) is 0. The van der Waals surface area contributed by atoms with E-state index in [9.17, 15) is 4.39 Å². The molecule has 5 heteroatoms. The van der Waals surface area contributed by atoms with E-state index in [1.165, 1.54) is 6.33 Å². The maximum absolute atomic E-state index is 13.0. The second-order valence-electron chi connectivity index (χ2n) is 2.14. The van der Waals surface area contributed by atoms with Gasteiger partial charge in [-0.05, 0) is 6.92 Å². The highest BCUT2D eigenvalue weighted by Crippen LogP contribution is 2.04. The number of aromatic amines is 1. The van der Waals surface area contributed by atoms with Gasteiger partial charge in [0, 0.05) is 6.61 Å². The van der Waals surface area contributed by atoms with Crippen molar-refractivity contribution >= 4 is 12.2 Å². The number of nitrogens with one attached hydrogen (secondary N) is 1. The third-order valence-electron chi connectivity index (χ3n) is 1.32. The van der Waals surface area contributed by atoms with Crippen molar-refractivity contribution in [1.29, 1.82) is 0 Å². The van der Waals surface area contributed by atoms with Crippen LogP contribution in [-0.4, -0.2) is 16.6 Å². The van der Waals surface area contributed by atoms with Crippen LogP contribution in [0.4, 0.5) is 4.39 Å². The summed E-state index contributed by atoms with van der Waals surface area (Å²) in [5.74, 6) is -0.499. The van der Waals surface area contributed by atoms with E-state index < -0.39 is 5.82 Å². The minimum atomic E-state index is -0.499. The van der Waals surface area contributed by atoms with E-state index in [1.54, 1.807) is 0 Å². The molecule has 0 radical (unpaired) electrons. The van der Waals surface area contributed by atoms with Gasteiger partial charge >= 0.3 is 0 Å². The van der Waals surface area contributed by atoms with Crippen LogP contribution in [0.3, 0.4) is 0 Å². The van der Waals surface area contributed by atoms with Crippen molar-refractivity contribution in [3.63, 3.8) is 0 Å². The minimum Gasteiger partial charge on any atom is -0.375 e. The largest absolute Gasteiger partial charge is 0.375 e. The molecule has 1 aromatic heterocycles. The smallest absolute Gasteiger partial charge is 0.181 e. The zero-order chi connectivity index (χ0) is 8.97. The van der Waals surface area contributed by atoms with E-state index in [-0.39, 0.29) is 11.2 Å². The predicted octanol–water partition coefficient (Wildman–Crippen LogP) is 1.81. The Kier molecular flexibility index (Phi) is 3.31. The Morgan fingerprint density at radius 1 is 1.75 bits per heavy atom. The second-order valence-corrected chi connectivity index (χ2v) is 2.52. The van der Waals surface area contributed by atoms with Crippen LogP contribution in [0.25, 0.3) is 0 Å². The summed E-state index contributed by atoms with van der Waals surface area (Å²) in [7, 11) is 0. The molecule has 0 spiro atoms. The topological polar surface area (TPSA) is 37.9 Å². The summed E-state index contributed by atoms with van der Waals surface area (Å²) >= 11 is 4.63. The van der Waals surface area contributed by atoms with Crippen molar-refractivity contribution in [2.24, 2.45) is 0 Å². The van der Waals surface area contributed by atoms with E-state index in [0.717, 1.165) is 0 Å². The lowest BCUT2D eigenvalue weighted by molar-refractivity contribution is 0.128. The summed E-state index contributed by atoms with van der Waals surface area (Å²) < 4.78 is 18.0. The molecule has 0 fully saturated rings. The van der Waals surface area contributed by atoms with Gasteiger partial charge in [0.25, 0.3) is 0 Å². The first-order valence-electron chi connectivity index (χ1n) is 3.55. The first kappa shape index (κ1) is 9.28. The second kappa shape index (κ2) is 4.27. The number of aromatic nitrogens is 2. The van der Waals surface area contributed by atoms with Gasteiger partial charge in [-0.25, -0.2) is 9.37 Å². The Bertz CT molecular complexity index is 313. The van der Waals surface area contributed by atoms with Gasteiger partial charge in [-0.15, -0.1) is 0 Å². The first-order valence-corrected chi connectivity index (χ1v) is 3.96. The van der Waals surface area contributed by atoms with Crippen LogP contribution < -0.4 is 0 Å². The SMILES string of the molecule is CCOCc1[nH]cnc(=S)c1F. The molecule has 1 heterocycles. The van der Waals surface area contributed by atoms with Crippen LogP contribution in [0, 0.1) is 10.5 Å². The van der Waals surface area contributed by atoms with Crippen LogP contribution in [0.15, 0.2) is 6.33 Å². The lowest BCUT2D eigenvalue weighted by Crippen LogP contribution is -2.00. The molecule has 1 aromatic rings. The molecule has 0 atom stereocenters. The van der Waals surface area contributed by atoms with Gasteiger partial charge < -0.3 is 9.72 Å². The fraction of sp³-hybridized carbons (Fsp3) is 0.429. The molecule has 0 saturated carbocycles. The van der Waals surface area contributed by atoms with Crippen molar-refractivity contribution < 1.29 is 9.13 Å². The highest BCUT2D eigenvalue weighted by atomic mass is 32.1. The zero-order valence-corrected chi connectivity index (χ0v) is 7.45. The van der Waals surface area contributed by atoms with Gasteiger partial charge in [0.05, 0.1) is 18.6 Å². The van der Waals surface area contributed by atoms with E-state index >= 15 is 0 Å². The molecule has 1 N–H and O–H groups in total. The Morgan fingerprint density at radius 3 is 3.17 bits per heavy atom. The fourth-order valence-corrected chi connectivity index (χ4v) is 0.903. The standard InChI is InChI=1S/C7H9FN2OS/c1-2-11-3-5-6(8)7(12)10-4-9-5/h4H,2-3H2,1H3,(H,9,10,12). The number of ether oxygens (including phenoxy) is 1. The average molecular weight is 188 g/mol. The van der Waals surface area contributed by atoms with Gasteiger partial charge in [-0.2, -0.15) is 0 Å². The van der Waals surface area contributed by atoms with Crippen molar-refractivity contribution in [3.05, 3.63) is 22.5 Å². The number of halogens is 1. The maximum Gasteiger partial charge on any atom is 0.181 e. The molecule has 0 saturated heterocycles. The molecule has 3 nitrogen and oxygen atoms in total. The highest BCUT2D eigenvalue weighted by Gasteiger charge is 2.03. The minimum absolute atomic E-state index is 0.0246. The van der Waals surface area contributed by atoms with Crippen LogP contribution in [-0.2, 0) is 11.3 Å². The first-order chi connectivity index (χ1) is 5.75. The summed E-state index contributed by atoms with van der Waals surface area (Å²) in [6.07, 6.45) is 1.36. The Morgan fingerprint density at radius 2 is 2.50 bits per heavy atom. The Hall–Kier alpha value is -0.810. The van der Waals surface area contributed by atoms with Gasteiger partial charge in [0.2, 0.25) is 0 Å². The van der Waals surface area contributed by atoms with E-state index in [1.807, 2.05) is 6.92 Å². The van der Waals surface area contributed by atoms with Crippen LogP contribution in [0.2, 0.25) is 0 Å². The zero-order valence-electron chi connectivity index (χ0n) is 6.63. The van der Waals surface area contributed by atoms with Crippen LogP contribution in [0.1, 0.15) is 12.6 Å². The van der Waals surface area contributed by atoms with E-state index in [4.69, 9.17) is 4.74 Å². The quantitative estimate of drug-likeness (QED) is 0.735. The molecule has 12 heavy (non-hydrogen) atoms. The van der Waals surface area contributed by atoms with Crippen LogP contribution in [0.5, 0.6) is 0 Å². The molecule has 0 unspecified atom stereocenters. The third-order valence-corrected chi connectivity index (χ3v) is 1.61. The van der Waals surface area contributed by atoms with Crippen molar-refractivity contribution in [2.75, 3.05) is 6.61 Å².